The fourth-order valence-electron chi connectivity index (χ4n) is 1.84. The molecule has 0 saturated heterocycles. The molecule has 0 radical (unpaired) electrons. The summed E-state index contributed by atoms with van der Waals surface area (Å²) in [5, 5.41) is 8.90. The van der Waals surface area contributed by atoms with Crippen LogP contribution in [-0.4, -0.2) is 15.6 Å². The molecule has 1 N–H and O–H groups in total. The molecule has 3 nitrogen and oxygen atoms in total. The van der Waals surface area contributed by atoms with Gasteiger partial charge < -0.3 is 9.67 Å². The van der Waals surface area contributed by atoms with Crippen LogP contribution in [-0.2, 0) is 4.79 Å². The van der Waals surface area contributed by atoms with E-state index in [-0.39, 0.29) is 12.2 Å². The van der Waals surface area contributed by atoms with Crippen molar-refractivity contribution >= 4 is 5.97 Å². The lowest BCUT2D eigenvalue weighted by atomic mass is 10.0. The van der Waals surface area contributed by atoms with Crippen LogP contribution in [0.15, 0.2) is 48.8 Å². The molecule has 0 aliphatic heterocycles. The second-order valence-electron chi connectivity index (χ2n) is 3.77. The Bertz CT molecular complexity index is 508. The Morgan fingerprint density at radius 1 is 1.24 bits per heavy atom. The van der Waals surface area contributed by atoms with Gasteiger partial charge in [0.15, 0.2) is 0 Å². The minimum atomic E-state index is -0.952. The van der Waals surface area contributed by atoms with Gasteiger partial charge in [-0.15, -0.1) is 0 Å². The molecule has 4 heteroatoms. The third-order valence-electron chi connectivity index (χ3n) is 2.62. The van der Waals surface area contributed by atoms with E-state index in [1.165, 1.54) is 6.07 Å². The van der Waals surface area contributed by atoms with E-state index >= 15 is 0 Å². The Balaban J connectivity index is 2.41. The average molecular weight is 233 g/mol. The summed E-state index contributed by atoms with van der Waals surface area (Å²) >= 11 is 0. The van der Waals surface area contributed by atoms with Crippen molar-refractivity contribution < 1.29 is 14.3 Å². The summed E-state index contributed by atoms with van der Waals surface area (Å²) in [6, 6.07) is 9.31. The van der Waals surface area contributed by atoms with E-state index in [2.05, 4.69) is 0 Å². The quantitative estimate of drug-likeness (QED) is 0.882. The van der Waals surface area contributed by atoms with Crippen molar-refractivity contribution in [2.75, 3.05) is 0 Å². The third kappa shape index (κ3) is 2.53. The van der Waals surface area contributed by atoms with E-state index in [1.54, 1.807) is 47.3 Å². The molecule has 17 heavy (non-hydrogen) atoms. The minimum absolute atomic E-state index is 0.143. The lowest BCUT2D eigenvalue weighted by molar-refractivity contribution is -0.137. The molecule has 0 aliphatic rings. The highest BCUT2D eigenvalue weighted by molar-refractivity contribution is 5.68. The lowest BCUT2D eigenvalue weighted by Crippen LogP contribution is -2.15. The minimum Gasteiger partial charge on any atom is -0.481 e. The molecule has 1 aromatic carbocycles. The van der Waals surface area contributed by atoms with Crippen LogP contribution in [0.25, 0.3) is 0 Å². The predicted molar refractivity (Wildman–Crippen MR) is 61.2 cm³/mol. The molecule has 1 heterocycles. The van der Waals surface area contributed by atoms with Crippen molar-refractivity contribution in [1.82, 2.24) is 4.57 Å². The van der Waals surface area contributed by atoms with Crippen LogP contribution >= 0.6 is 0 Å². The molecule has 0 fully saturated rings. The van der Waals surface area contributed by atoms with Crippen molar-refractivity contribution in [2.45, 2.75) is 12.5 Å². The van der Waals surface area contributed by atoms with Gasteiger partial charge in [-0.25, -0.2) is 4.39 Å². The molecule has 2 rings (SSSR count). The van der Waals surface area contributed by atoms with Crippen LogP contribution in [0.4, 0.5) is 4.39 Å². The van der Waals surface area contributed by atoms with Gasteiger partial charge in [-0.3, -0.25) is 4.79 Å². The molecule has 0 unspecified atom stereocenters. The van der Waals surface area contributed by atoms with E-state index < -0.39 is 12.0 Å². The van der Waals surface area contributed by atoms with Gasteiger partial charge in [0.05, 0.1) is 12.5 Å². The summed E-state index contributed by atoms with van der Waals surface area (Å²) in [5.74, 6) is -1.33. The maximum atomic E-state index is 13.7. The van der Waals surface area contributed by atoms with Gasteiger partial charge in [0.2, 0.25) is 0 Å². The first-order valence-corrected chi connectivity index (χ1v) is 5.27. The number of nitrogens with zero attached hydrogens (tertiary/aromatic N) is 1. The van der Waals surface area contributed by atoms with Gasteiger partial charge in [-0.2, -0.15) is 0 Å². The first-order valence-electron chi connectivity index (χ1n) is 5.27. The van der Waals surface area contributed by atoms with Crippen LogP contribution in [0.2, 0.25) is 0 Å². The third-order valence-corrected chi connectivity index (χ3v) is 2.62. The van der Waals surface area contributed by atoms with Crippen LogP contribution in [0.1, 0.15) is 18.0 Å². The van der Waals surface area contributed by atoms with Gasteiger partial charge >= 0.3 is 5.97 Å². The number of carboxylic acids is 1. The van der Waals surface area contributed by atoms with Crippen molar-refractivity contribution in [3.8, 4) is 0 Å². The Morgan fingerprint density at radius 2 is 1.88 bits per heavy atom. The highest BCUT2D eigenvalue weighted by Crippen LogP contribution is 2.24. The zero-order valence-corrected chi connectivity index (χ0v) is 9.08. The Morgan fingerprint density at radius 3 is 2.47 bits per heavy atom. The van der Waals surface area contributed by atoms with Gasteiger partial charge in [-0.05, 0) is 18.2 Å². The maximum Gasteiger partial charge on any atom is 0.305 e. The standard InChI is InChI=1S/C13H12FNO2/c14-11-6-2-1-5-10(11)12(9-13(16)17)15-7-3-4-8-15/h1-8,12H,9H2,(H,16,17)/t12-/m1/s1. The first kappa shape index (κ1) is 11.4. The molecule has 0 spiro atoms. The Hall–Kier alpha value is -2.10. The van der Waals surface area contributed by atoms with Crippen molar-refractivity contribution in [1.29, 1.82) is 0 Å². The van der Waals surface area contributed by atoms with Crippen LogP contribution in [0, 0.1) is 5.82 Å². The fourth-order valence-corrected chi connectivity index (χ4v) is 1.84. The van der Waals surface area contributed by atoms with E-state index in [1.807, 2.05) is 0 Å². The largest absolute Gasteiger partial charge is 0.481 e. The molecule has 2 aromatic rings. The summed E-state index contributed by atoms with van der Waals surface area (Å²) in [4.78, 5) is 10.9. The summed E-state index contributed by atoms with van der Waals surface area (Å²) in [6.45, 7) is 0. The monoisotopic (exact) mass is 233 g/mol. The molecule has 0 aliphatic carbocycles. The fraction of sp³-hybridized carbons (Fsp3) is 0.154. The summed E-state index contributed by atoms with van der Waals surface area (Å²) in [6.07, 6.45) is 3.33. The molecular formula is C13H12FNO2. The van der Waals surface area contributed by atoms with Crippen molar-refractivity contribution in [3.63, 3.8) is 0 Å². The van der Waals surface area contributed by atoms with Crippen LogP contribution in [0.3, 0.4) is 0 Å². The van der Waals surface area contributed by atoms with E-state index in [4.69, 9.17) is 5.11 Å². The van der Waals surface area contributed by atoms with E-state index in [0.29, 0.717) is 5.56 Å². The summed E-state index contributed by atoms with van der Waals surface area (Å²) in [5.41, 5.74) is 0.395. The Labute approximate surface area is 98.1 Å². The number of hydrogen-bond donors (Lipinski definition) is 1. The maximum absolute atomic E-state index is 13.7. The summed E-state index contributed by atoms with van der Waals surface area (Å²) in [7, 11) is 0. The number of aliphatic carboxylic acids is 1. The number of aromatic nitrogens is 1. The van der Waals surface area contributed by atoms with Crippen molar-refractivity contribution in [3.05, 3.63) is 60.2 Å². The van der Waals surface area contributed by atoms with Gasteiger partial charge in [0.1, 0.15) is 5.82 Å². The SMILES string of the molecule is O=C(O)C[C@H](c1ccccc1F)n1cccc1. The van der Waals surface area contributed by atoms with E-state index in [0.717, 1.165) is 0 Å². The number of halogens is 1. The smallest absolute Gasteiger partial charge is 0.305 e. The highest BCUT2D eigenvalue weighted by Gasteiger charge is 2.19. The number of hydrogen-bond acceptors (Lipinski definition) is 1. The van der Waals surface area contributed by atoms with Crippen molar-refractivity contribution in [2.24, 2.45) is 0 Å². The molecule has 0 amide bonds. The normalized spacial score (nSPS) is 12.3. The Kier molecular flexibility index (Phi) is 3.23. The average Bonchev–Trinajstić information content (AvgIpc) is 2.80. The second-order valence-corrected chi connectivity index (χ2v) is 3.77. The molecule has 1 atom stereocenters. The lowest BCUT2D eigenvalue weighted by Gasteiger charge is -2.18. The summed E-state index contributed by atoms with van der Waals surface area (Å²) < 4.78 is 15.4. The van der Waals surface area contributed by atoms with Crippen LogP contribution < -0.4 is 0 Å². The topological polar surface area (TPSA) is 42.2 Å². The predicted octanol–water partition coefficient (Wildman–Crippen LogP) is 2.69. The second kappa shape index (κ2) is 4.82. The van der Waals surface area contributed by atoms with Gasteiger partial charge in [-0.1, -0.05) is 18.2 Å². The molecule has 0 bridgehead atoms. The van der Waals surface area contributed by atoms with Gasteiger partial charge in [0.25, 0.3) is 0 Å². The van der Waals surface area contributed by atoms with Crippen LogP contribution in [0.5, 0.6) is 0 Å². The van der Waals surface area contributed by atoms with E-state index in [9.17, 15) is 9.18 Å². The molecule has 0 saturated carbocycles. The zero-order valence-electron chi connectivity index (χ0n) is 9.08. The molecule has 88 valence electrons. The molecular weight excluding hydrogens is 221 g/mol. The number of carboxylic acid groups (broad SMARTS) is 1. The zero-order chi connectivity index (χ0) is 12.3. The number of rotatable bonds is 4. The first-order chi connectivity index (χ1) is 8.18. The molecule has 1 aromatic heterocycles. The highest BCUT2D eigenvalue weighted by atomic mass is 19.1. The number of benzene rings is 1. The van der Waals surface area contributed by atoms with Gasteiger partial charge in [0, 0.05) is 18.0 Å². The number of carbonyl (C=O) groups is 1.